The number of rotatable bonds is 4. The largest absolute Gasteiger partial charge is 0.465 e. The summed E-state index contributed by atoms with van der Waals surface area (Å²) >= 11 is 0. The first kappa shape index (κ1) is 18.9. The van der Waals surface area contributed by atoms with E-state index in [4.69, 9.17) is 0 Å². The molecule has 27 heavy (non-hydrogen) atoms. The number of carbonyl (C=O) groups excluding carboxylic acids is 2. The Morgan fingerprint density at radius 3 is 2.19 bits per heavy atom. The van der Waals surface area contributed by atoms with Gasteiger partial charge in [0.05, 0.1) is 12.7 Å². The quantitative estimate of drug-likeness (QED) is 0.842. The third-order valence-corrected chi connectivity index (χ3v) is 4.89. The van der Waals surface area contributed by atoms with Crippen LogP contribution in [0.2, 0.25) is 0 Å². The molecule has 1 saturated heterocycles. The normalized spacial score (nSPS) is 14.7. The highest BCUT2D eigenvalue weighted by Gasteiger charge is 2.16. The summed E-state index contributed by atoms with van der Waals surface area (Å²) in [5, 5.41) is 2.94. The molecular weight excluding hydrogens is 342 g/mol. The number of hydrogen-bond acceptors (Lipinski definition) is 5. The number of piperazine rings is 1. The second-order valence-corrected chi connectivity index (χ2v) is 6.81. The second kappa shape index (κ2) is 8.22. The number of carbonyl (C=O) groups is 2. The van der Waals surface area contributed by atoms with Crippen molar-refractivity contribution in [3.63, 3.8) is 0 Å². The lowest BCUT2D eigenvalue weighted by Gasteiger charge is -2.34. The lowest BCUT2D eigenvalue weighted by molar-refractivity contribution is 0.0600. The van der Waals surface area contributed by atoms with Crippen LogP contribution in [0.1, 0.15) is 26.3 Å². The summed E-state index contributed by atoms with van der Waals surface area (Å²) in [6.07, 6.45) is 0. The maximum atomic E-state index is 12.5. The van der Waals surface area contributed by atoms with Crippen LogP contribution in [0.3, 0.4) is 0 Å². The molecule has 142 valence electrons. The van der Waals surface area contributed by atoms with E-state index in [2.05, 4.69) is 33.0 Å². The summed E-state index contributed by atoms with van der Waals surface area (Å²) in [5.74, 6) is -0.626. The number of esters is 1. The Morgan fingerprint density at radius 2 is 1.59 bits per heavy atom. The van der Waals surface area contributed by atoms with Crippen LogP contribution >= 0.6 is 0 Å². The number of aryl methyl sites for hydroxylation is 1. The van der Waals surface area contributed by atoms with Crippen LogP contribution in [0.15, 0.2) is 42.5 Å². The number of anilines is 2. The molecule has 3 rings (SSSR count). The van der Waals surface area contributed by atoms with Gasteiger partial charge in [-0.3, -0.25) is 4.79 Å². The van der Waals surface area contributed by atoms with E-state index < -0.39 is 5.97 Å². The van der Waals surface area contributed by atoms with Crippen molar-refractivity contribution in [2.45, 2.75) is 6.92 Å². The van der Waals surface area contributed by atoms with Gasteiger partial charge in [-0.1, -0.05) is 0 Å². The Morgan fingerprint density at radius 1 is 0.963 bits per heavy atom. The number of amides is 1. The van der Waals surface area contributed by atoms with Gasteiger partial charge in [-0.25, -0.2) is 4.79 Å². The predicted molar refractivity (Wildman–Crippen MR) is 107 cm³/mol. The molecule has 2 aromatic carbocycles. The molecule has 1 aliphatic rings. The van der Waals surface area contributed by atoms with E-state index in [1.807, 2.05) is 19.1 Å². The molecule has 1 amide bonds. The first-order chi connectivity index (χ1) is 13.0. The Balaban J connectivity index is 1.68. The Labute approximate surface area is 159 Å². The van der Waals surface area contributed by atoms with Crippen molar-refractivity contribution < 1.29 is 14.3 Å². The zero-order valence-electron chi connectivity index (χ0n) is 16.0. The van der Waals surface area contributed by atoms with E-state index in [0.717, 1.165) is 37.4 Å². The fraction of sp³-hybridized carbons (Fsp3) is 0.333. The Kier molecular flexibility index (Phi) is 5.76. The highest BCUT2D eigenvalue weighted by Crippen LogP contribution is 2.24. The highest BCUT2D eigenvalue weighted by molar-refractivity contribution is 6.05. The topological polar surface area (TPSA) is 61.9 Å². The van der Waals surface area contributed by atoms with Crippen LogP contribution in [0.25, 0.3) is 0 Å². The van der Waals surface area contributed by atoms with Crippen LogP contribution in [-0.2, 0) is 4.74 Å². The van der Waals surface area contributed by atoms with Crippen molar-refractivity contribution in [1.82, 2.24) is 4.90 Å². The number of benzene rings is 2. The summed E-state index contributed by atoms with van der Waals surface area (Å²) in [6.45, 7) is 6.12. The van der Waals surface area contributed by atoms with Crippen molar-refractivity contribution in [1.29, 1.82) is 0 Å². The molecule has 0 atom stereocenters. The van der Waals surface area contributed by atoms with Crippen LogP contribution in [0.4, 0.5) is 11.4 Å². The van der Waals surface area contributed by atoms with Crippen LogP contribution < -0.4 is 10.2 Å². The van der Waals surface area contributed by atoms with Crippen molar-refractivity contribution in [3.8, 4) is 0 Å². The summed E-state index contributed by atoms with van der Waals surface area (Å²) in [4.78, 5) is 28.7. The number of hydrogen-bond donors (Lipinski definition) is 1. The van der Waals surface area contributed by atoms with E-state index >= 15 is 0 Å². The zero-order chi connectivity index (χ0) is 19.4. The molecule has 0 aromatic heterocycles. The van der Waals surface area contributed by atoms with Gasteiger partial charge in [0.2, 0.25) is 0 Å². The summed E-state index contributed by atoms with van der Waals surface area (Å²) in [6, 6.07) is 12.5. The second-order valence-electron chi connectivity index (χ2n) is 6.81. The average molecular weight is 367 g/mol. The number of nitrogens with zero attached hydrogens (tertiary/aromatic N) is 2. The minimum absolute atomic E-state index is 0.207. The molecule has 0 unspecified atom stereocenters. The maximum absolute atomic E-state index is 12.5. The van der Waals surface area contributed by atoms with Crippen molar-refractivity contribution in [2.24, 2.45) is 0 Å². The maximum Gasteiger partial charge on any atom is 0.337 e. The molecule has 0 radical (unpaired) electrons. The number of methoxy groups -OCH3 is 1. The smallest absolute Gasteiger partial charge is 0.337 e. The van der Waals surface area contributed by atoms with Gasteiger partial charge in [0.25, 0.3) is 5.91 Å². The van der Waals surface area contributed by atoms with Gasteiger partial charge in [0, 0.05) is 43.1 Å². The van der Waals surface area contributed by atoms with E-state index in [1.54, 1.807) is 24.3 Å². The van der Waals surface area contributed by atoms with Gasteiger partial charge in [-0.2, -0.15) is 0 Å². The zero-order valence-corrected chi connectivity index (χ0v) is 16.0. The lowest BCUT2D eigenvalue weighted by Crippen LogP contribution is -2.44. The number of nitrogens with one attached hydrogen (secondary N) is 1. The average Bonchev–Trinajstić information content (AvgIpc) is 2.69. The van der Waals surface area contributed by atoms with Gasteiger partial charge in [0.1, 0.15) is 0 Å². The number of likely N-dealkylation sites (N-methyl/N-ethyl adjacent to an activating group) is 1. The Hall–Kier alpha value is -2.86. The highest BCUT2D eigenvalue weighted by atomic mass is 16.5. The third kappa shape index (κ3) is 4.46. The van der Waals surface area contributed by atoms with Crippen molar-refractivity contribution in [3.05, 3.63) is 59.2 Å². The standard InChI is InChI=1S/C21H25N3O3/c1-15-14-18(24-12-10-23(2)11-13-24)8-9-19(15)22-20(25)16-4-6-17(7-5-16)21(26)27-3/h4-9,14H,10-13H2,1-3H3,(H,22,25). The predicted octanol–water partition coefficient (Wildman–Crippen LogP) is 2.79. The van der Waals surface area contributed by atoms with Gasteiger partial charge in [-0.15, -0.1) is 0 Å². The van der Waals surface area contributed by atoms with Gasteiger partial charge < -0.3 is 19.9 Å². The first-order valence-electron chi connectivity index (χ1n) is 9.02. The Bertz CT molecular complexity index is 825. The molecule has 0 spiro atoms. The third-order valence-electron chi connectivity index (χ3n) is 4.89. The van der Waals surface area contributed by atoms with Crippen LogP contribution in [-0.4, -0.2) is 57.1 Å². The molecule has 1 heterocycles. The molecule has 0 aliphatic carbocycles. The van der Waals surface area contributed by atoms with Crippen molar-refractivity contribution >= 4 is 23.3 Å². The fourth-order valence-electron chi connectivity index (χ4n) is 3.12. The van der Waals surface area contributed by atoms with Crippen molar-refractivity contribution in [2.75, 3.05) is 50.6 Å². The molecule has 1 N–H and O–H groups in total. The van der Waals surface area contributed by atoms with Gasteiger partial charge in [-0.05, 0) is 62.0 Å². The van der Waals surface area contributed by atoms with Gasteiger partial charge in [0.15, 0.2) is 0 Å². The summed E-state index contributed by atoms with van der Waals surface area (Å²) in [5.41, 5.74) is 3.90. The molecule has 1 aliphatic heterocycles. The lowest BCUT2D eigenvalue weighted by atomic mass is 10.1. The molecule has 1 fully saturated rings. The van der Waals surface area contributed by atoms with E-state index in [1.165, 1.54) is 12.8 Å². The monoisotopic (exact) mass is 367 g/mol. The number of ether oxygens (including phenoxy) is 1. The SMILES string of the molecule is COC(=O)c1ccc(C(=O)Nc2ccc(N3CCN(C)CC3)cc2C)cc1. The van der Waals surface area contributed by atoms with E-state index in [9.17, 15) is 9.59 Å². The molecule has 6 heteroatoms. The van der Waals surface area contributed by atoms with Crippen LogP contribution in [0, 0.1) is 6.92 Å². The minimum atomic E-state index is -0.419. The van der Waals surface area contributed by atoms with Gasteiger partial charge >= 0.3 is 5.97 Å². The molecule has 2 aromatic rings. The van der Waals surface area contributed by atoms with Crippen LogP contribution in [0.5, 0.6) is 0 Å². The molecular formula is C21H25N3O3. The first-order valence-corrected chi connectivity index (χ1v) is 9.02. The minimum Gasteiger partial charge on any atom is -0.465 e. The van der Waals surface area contributed by atoms with E-state index in [0.29, 0.717) is 11.1 Å². The summed E-state index contributed by atoms with van der Waals surface area (Å²) < 4.78 is 4.67. The molecule has 0 bridgehead atoms. The molecule has 0 saturated carbocycles. The van der Waals surface area contributed by atoms with E-state index in [-0.39, 0.29) is 5.91 Å². The molecule has 6 nitrogen and oxygen atoms in total. The summed E-state index contributed by atoms with van der Waals surface area (Å²) in [7, 11) is 3.47. The fourth-order valence-corrected chi connectivity index (χ4v) is 3.12.